The number of hydrogen-bond donors (Lipinski definition) is 0. The van der Waals surface area contributed by atoms with Gasteiger partial charge in [0.2, 0.25) is 11.6 Å². The summed E-state index contributed by atoms with van der Waals surface area (Å²) in [5.41, 5.74) is 1.58. The molecule has 1 spiro atoms. The molecule has 2 aliphatic heterocycles. The molecule has 9 nitrogen and oxygen atoms in total. The number of sulfone groups is 1. The molecule has 3 heterocycles. The molecule has 1 atom stereocenters. The molecule has 6 rings (SSSR count). The molecule has 2 aromatic carbocycles. The van der Waals surface area contributed by atoms with E-state index >= 15 is 0 Å². The van der Waals surface area contributed by atoms with Gasteiger partial charge in [-0.3, -0.25) is 0 Å². The van der Waals surface area contributed by atoms with E-state index in [0.29, 0.717) is 29.5 Å². The molecule has 3 aromatic rings. The van der Waals surface area contributed by atoms with Crippen molar-refractivity contribution in [3.05, 3.63) is 83.4 Å². The van der Waals surface area contributed by atoms with Crippen LogP contribution in [0.5, 0.6) is 5.75 Å². The van der Waals surface area contributed by atoms with Crippen molar-refractivity contribution in [1.82, 2.24) is 14.5 Å². The molecule has 1 unspecified atom stereocenters. The van der Waals surface area contributed by atoms with Crippen LogP contribution >= 0.6 is 0 Å². The first kappa shape index (κ1) is 25.4. The topological polar surface area (TPSA) is 95.3 Å². The maximum atomic E-state index is 13.8. The number of fused-ring (bicyclic) bond motifs is 1. The third-order valence-corrected chi connectivity index (χ3v) is 8.32. The second-order valence-electron chi connectivity index (χ2n) is 10.4. The maximum Gasteiger partial charge on any atom is 0.238 e. The maximum absolute atomic E-state index is 13.8. The zero-order valence-corrected chi connectivity index (χ0v) is 22.7. The van der Waals surface area contributed by atoms with Gasteiger partial charge in [-0.2, -0.15) is 0 Å². The van der Waals surface area contributed by atoms with Crippen molar-refractivity contribution in [3.8, 4) is 11.4 Å². The summed E-state index contributed by atoms with van der Waals surface area (Å²) in [7, 11) is -1.69. The number of oxime groups is 1. The van der Waals surface area contributed by atoms with Crippen molar-refractivity contribution in [2.45, 2.75) is 37.5 Å². The predicted octanol–water partition coefficient (Wildman–Crippen LogP) is 4.17. The number of ether oxygens (including phenoxy) is 2. The average molecular weight is 553 g/mol. The molecule has 1 aromatic heterocycles. The zero-order valence-electron chi connectivity index (χ0n) is 21.9. The highest BCUT2D eigenvalue weighted by Gasteiger charge is 2.60. The van der Waals surface area contributed by atoms with Crippen LogP contribution in [0.4, 0.5) is 4.39 Å². The standard InChI is InChI=1S/C28H29FN4O5S/c1-19-16-32(18-30-19)23-9-4-20(14-24(23)36-2)15-25-26-31-38-28(12-13-39(3,34)35,21-5-7-22(29)8-6-21)33(26)17-27(37-25)10-11-27/h4-9,14-16,18H,10-13,17H2,1-3H3/b25-15-. The lowest BCUT2D eigenvalue weighted by Gasteiger charge is -2.43. The van der Waals surface area contributed by atoms with Crippen molar-refractivity contribution < 1.29 is 27.1 Å². The fourth-order valence-corrected chi connectivity index (χ4v) is 5.78. The lowest BCUT2D eigenvalue weighted by Crippen LogP contribution is -2.54. The van der Waals surface area contributed by atoms with Gasteiger partial charge in [-0.05, 0) is 55.7 Å². The van der Waals surface area contributed by atoms with Gasteiger partial charge in [0.15, 0.2) is 5.76 Å². The minimum absolute atomic E-state index is 0.122. The van der Waals surface area contributed by atoms with Gasteiger partial charge in [0, 0.05) is 24.4 Å². The third kappa shape index (κ3) is 4.75. The van der Waals surface area contributed by atoms with Crippen LogP contribution in [0.25, 0.3) is 11.8 Å². The Labute approximate surface area is 226 Å². The number of benzene rings is 2. The smallest absolute Gasteiger partial charge is 0.238 e. The third-order valence-electron chi connectivity index (χ3n) is 7.37. The minimum Gasteiger partial charge on any atom is -0.495 e. The van der Waals surface area contributed by atoms with E-state index in [1.807, 2.05) is 46.9 Å². The van der Waals surface area contributed by atoms with E-state index < -0.39 is 21.2 Å². The van der Waals surface area contributed by atoms with Crippen LogP contribution in [0, 0.1) is 12.7 Å². The summed E-state index contributed by atoms with van der Waals surface area (Å²) in [5, 5.41) is 4.41. The first-order chi connectivity index (χ1) is 18.6. The Morgan fingerprint density at radius 1 is 1.18 bits per heavy atom. The number of hydrogen-bond acceptors (Lipinski definition) is 8. The summed E-state index contributed by atoms with van der Waals surface area (Å²) in [6.45, 7) is 2.40. The first-order valence-corrected chi connectivity index (χ1v) is 14.7. The molecule has 1 saturated heterocycles. The Morgan fingerprint density at radius 3 is 2.59 bits per heavy atom. The van der Waals surface area contributed by atoms with Gasteiger partial charge < -0.3 is 23.8 Å². The van der Waals surface area contributed by atoms with Crippen molar-refractivity contribution in [2.75, 3.05) is 25.7 Å². The van der Waals surface area contributed by atoms with Crippen molar-refractivity contribution in [3.63, 3.8) is 0 Å². The number of nitrogens with zero attached hydrogens (tertiary/aromatic N) is 4. The number of halogens is 1. The molecule has 2 fully saturated rings. The first-order valence-electron chi connectivity index (χ1n) is 12.7. The van der Waals surface area contributed by atoms with Crippen molar-refractivity contribution in [1.29, 1.82) is 0 Å². The number of imidazole rings is 1. The number of aromatic nitrogens is 2. The van der Waals surface area contributed by atoms with Gasteiger partial charge >= 0.3 is 0 Å². The molecule has 0 radical (unpaired) electrons. The second-order valence-corrected chi connectivity index (χ2v) is 12.7. The molecule has 1 aliphatic carbocycles. The Morgan fingerprint density at radius 2 is 1.95 bits per heavy atom. The molecule has 204 valence electrons. The largest absolute Gasteiger partial charge is 0.495 e. The highest BCUT2D eigenvalue weighted by atomic mass is 32.2. The normalized spacial score (nSPS) is 22.3. The highest BCUT2D eigenvalue weighted by molar-refractivity contribution is 7.90. The predicted molar refractivity (Wildman–Crippen MR) is 144 cm³/mol. The molecule has 0 amide bonds. The summed E-state index contributed by atoms with van der Waals surface area (Å²) in [6.07, 6.45) is 8.56. The van der Waals surface area contributed by atoms with E-state index in [1.54, 1.807) is 25.6 Å². The highest BCUT2D eigenvalue weighted by Crippen LogP contribution is 2.51. The molecular weight excluding hydrogens is 523 g/mol. The minimum atomic E-state index is -3.31. The monoisotopic (exact) mass is 552 g/mol. The summed E-state index contributed by atoms with van der Waals surface area (Å²) in [5.74, 6) is 1.15. The van der Waals surface area contributed by atoms with E-state index in [9.17, 15) is 12.8 Å². The van der Waals surface area contributed by atoms with E-state index in [0.717, 1.165) is 29.8 Å². The van der Waals surface area contributed by atoms with Crippen molar-refractivity contribution >= 4 is 21.7 Å². The van der Waals surface area contributed by atoms with Crippen LogP contribution in [0.1, 0.15) is 36.1 Å². The summed E-state index contributed by atoms with van der Waals surface area (Å²) in [6, 6.07) is 11.7. The molecule has 1 saturated carbocycles. The Balaban J connectivity index is 1.39. The van der Waals surface area contributed by atoms with Crippen LogP contribution in [0.3, 0.4) is 0 Å². The van der Waals surface area contributed by atoms with Crippen LogP contribution in [-0.2, 0) is 25.1 Å². The molecule has 0 bridgehead atoms. The van der Waals surface area contributed by atoms with Gasteiger partial charge in [0.1, 0.15) is 27.0 Å². The Hall–Kier alpha value is -3.86. The number of rotatable bonds is 7. The van der Waals surface area contributed by atoms with Crippen LogP contribution in [-0.4, -0.2) is 60.0 Å². The van der Waals surface area contributed by atoms with Crippen molar-refractivity contribution in [2.24, 2.45) is 5.16 Å². The lowest BCUT2D eigenvalue weighted by atomic mass is 9.96. The summed E-state index contributed by atoms with van der Waals surface area (Å²) in [4.78, 5) is 12.4. The summed E-state index contributed by atoms with van der Waals surface area (Å²) >= 11 is 0. The fraction of sp³-hybridized carbons (Fsp3) is 0.357. The Bertz CT molecular complexity index is 1590. The van der Waals surface area contributed by atoms with E-state index in [1.165, 1.54) is 18.4 Å². The van der Waals surface area contributed by atoms with Crippen LogP contribution < -0.4 is 4.74 Å². The lowest BCUT2D eigenvalue weighted by molar-refractivity contribution is -0.124. The number of amidine groups is 1. The second kappa shape index (κ2) is 9.11. The van der Waals surface area contributed by atoms with Gasteiger partial charge in [-0.25, -0.2) is 17.8 Å². The fourth-order valence-electron chi connectivity index (χ4n) is 5.13. The zero-order chi connectivity index (χ0) is 27.4. The summed E-state index contributed by atoms with van der Waals surface area (Å²) < 4.78 is 52.2. The number of morpholine rings is 1. The molecule has 3 aliphatic rings. The van der Waals surface area contributed by atoms with E-state index in [-0.39, 0.29) is 18.0 Å². The van der Waals surface area contributed by atoms with E-state index in [4.69, 9.17) is 14.3 Å². The van der Waals surface area contributed by atoms with E-state index in [2.05, 4.69) is 10.1 Å². The number of methoxy groups -OCH3 is 1. The molecule has 11 heteroatoms. The molecule has 39 heavy (non-hydrogen) atoms. The SMILES string of the molecule is COc1cc(/C=C2\OC3(CC3)CN3C2=NOC3(CCS(C)(=O)=O)c2ccc(F)cc2)ccc1-n1cnc(C)c1. The molecular formula is C28H29FN4O5S. The van der Waals surface area contributed by atoms with Crippen LogP contribution in [0.15, 0.2) is 65.9 Å². The van der Waals surface area contributed by atoms with Gasteiger partial charge in [-0.15, -0.1) is 0 Å². The number of aryl methyl sites for hydroxylation is 1. The van der Waals surface area contributed by atoms with Gasteiger partial charge in [0.05, 0.1) is 37.1 Å². The molecule has 0 N–H and O–H groups in total. The van der Waals surface area contributed by atoms with Gasteiger partial charge in [-0.1, -0.05) is 23.4 Å². The quantitative estimate of drug-likeness (QED) is 0.434. The Kier molecular flexibility index (Phi) is 5.94. The van der Waals surface area contributed by atoms with Gasteiger partial charge in [0.25, 0.3) is 0 Å². The van der Waals surface area contributed by atoms with Crippen LogP contribution in [0.2, 0.25) is 0 Å². The average Bonchev–Trinajstić information content (AvgIpc) is 3.32.